The number of thiol groups is 1. The Morgan fingerprint density at radius 1 is 1.07 bits per heavy atom. The average molecular weight is 437 g/mol. The second kappa shape index (κ2) is 15.5. The predicted molar refractivity (Wildman–Crippen MR) is 118 cm³/mol. The minimum absolute atomic E-state index is 0.0809. The molecule has 0 aromatic rings. The van der Waals surface area contributed by atoms with Crippen LogP contribution in [0.1, 0.15) is 54.4 Å². The fourth-order valence-electron chi connectivity index (χ4n) is 1.42. The van der Waals surface area contributed by atoms with Crippen LogP contribution in [0.3, 0.4) is 0 Å². The molecule has 9 nitrogen and oxygen atoms in total. The maximum Gasteiger partial charge on any atom is 0.222 e. The first kappa shape index (κ1) is 29.8. The van der Waals surface area contributed by atoms with E-state index in [1.54, 1.807) is 0 Å². The third-order valence-corrected chi connectivity index (χ3v) is 4.51. The van der Waals surface area contributed by atoms with Gasteiger partial charge in [-0.15, -0.1) is 0 Å². The first-order valence-corrected chi connectivity index (χ1v) is 10.1. The van der Waals surface area contributed by atoms with Gasteiger partial charge >= 0.3 is 0 Å². The molecule has 0 rings (SSSR count). The summed E-state index contributed by atoms with van der Waals surface area (Å²) in [6.07, 6.45) is 0.940. The number of carbonyl (C=O) groups is 3. The van der Waals surface area contributed by atoms with Crippen LogP contribution in [-0.4, -0.2) is 67.0 Å². The quantitative estimate of drug-likeness (QED) is 0.151. The molecule has 0 spiro atoms. The van der Waals surface area contributed by atoms with Gasteiger partial charge in [0.2, 0.25) is 18.2 Å². The summed E-state index contributed by atoms with van der Waals surface area (Å²) in [5, 5.41) is 5.29. The Morgan fingerprint density at radius 3 is 1.86 bits per heavy atom. The molecule has 29 heavy (non-hydrogen) atoms. The highest BCUT2D eigenvalue weighted by atomic mass is 32.1. The molecule has 10 heteroatoms. The molecule has 1 unspecified atom stereocenters. The van der Waals surface area contributed by atoms with Crippen molar-refractivity contribution in [3.05, 3.63) is 0 Å². The van der Waals surface area contributed by atoms with Crippen LogP contribution in [0.15, 0.2) is 0 Å². The Morgan fingerprint density at radius 2 is 1.52 bits per heavy atom. The van der Waals surface area contributed by atoms with Crippen molar-refractivity contribution < 1.29 is 23.9 Å². The molecule has 0 radical (unpaired) electrons. The molecular formula is C19H40N4O5S. The zero-order chi connectivity index (χ0) is 23.1. The highest BCUT2D eigenvalue weighted by Crippen LogP contribution is 2.24. The monoisotopic (exact) mass is 436 g/mol. The molecule has 0 aliphatic carbocycles. The second-order valence-electron chi connectivity index (χ2n) is 8.10. The van der Waals surface area contributed by atoms with Crippen molar-refractivity contribution in [3.8, 4) is 0 Å². The van der Waals surface area contributed by atoms with Gasteiger partial charge in [-0.05, 0) is 41.5 Å². The zero-order valence-electron chi connectivity index (χ0n) is 18.6. The van der Waals surface area contributed by atoms with Gasteiger partial charge in [0.05, 0.1) is 32.5 Å². The largest absolute Gasteiger partial charge is 0.379 e. The lowest BCUT2D eigenvalue weighted by Gasteiger charge is -2.33. The van der Waals surface area contributed by atoms with E-state index in [1.807, 2.05) is 41.5 Å². The van der Waals surface area contributed by atoms with Crippen molar-refractivity contribution >= 4 is 30.9 Å². The molecule has 0 fully saturated rings. The summed E-state index contributed by atoms with van der Waals surface area (Å²) in [6, 6.07) is -0.232. The van der Waals surface area contributed by atoms with Gasteiger partial charge in [-0.3, -0.25) is 14.4 Å². The van der Waals surface area contributed by atoms with Crippen LogP contribution in [0.5, 0.6) is 0 Å². The first-order chi connectivity index (χ1) is 13.2. The Labute approximate surface area is 180 Å². The maximum absolute atomic E-state index is 11.4. The average Bonchev–Trinajstić information content (AvgIpc) is 2.53. The number of amides is 3. The van der Waals surface area contributed by atoms with Gasteiger partial charge in [0, 0.05) is 29.2 Å². The van der Waals surface area contributed by atoms with Gasteiger partial charge < -0.3 is 31.6 Å². The minimum atomic E-state index is -0.442. The molecule has 0 aromatic heterocycles. The summed E-state index contributed by atoms with van der Waals surface area (Å²) in [6.45, 7) is 12.6. The molecular weight excluding hydrogens is 396 g/mol. The van der Waals surface area contributed by atoms with Crippen LogP contribution in [0.4, 0.5) is 0 Å². The van der Waals surface area contributed by atoms with E-state index in [-0.39, 0.29) is 67.5 Å². The first-order valence-electron chi connectivity index (χ1n) is 9.64. The molecule has 6 N–H and O–H groups in total. The third-order valence-electron chi connectivity index (χ3n) is 3.93. The Bertz CT molecular complexity index is 464. The molecule has 1 atom stereocenters. The standard InChI is InChI=1S/C13H25N3O5.C6H15NS/c1-10(2)16-13(19)4-6-21-8-11(15-9-17)7-20-5-3-12(14)18;1-5(2,7)6(3,4)8/h9-11H,3-8H2,1-2H3,(H2,14,18)(H,15,17)(H,16,19);8H,7H2,1-4H3. The van der Waals surface area contributed by atoms with E-state index in [0.717, 1.165) is 0 Å². The number of primary amides is 1. The minimum Gasteiger partial charge on any atom is -0.379 e. The van der Waals surface area contributed by atoms with E-state index >= 15 is 0 Å². The highest BCUT2D eigenvalue weighted by molar-refractivity contribution is 7.81. The summed E-state index contributed by atoms with van der Waals surface area (Å²) < 4.78 is 10.4. The van der Waals surface area contributed by atoms with Crippen molar-refractivity contribution in [2.75, 3.05) is 26.4 Å². The molecule has 0 aliphatic rings. The summed E-state index contributed by atoms with van der Waals surface area (Å²) in [4.78, 5) is 32.4. The summed E-state index contributed by atoms with van der Waals surface area (Å²) >= 11 is 4.31. The van der Waals surface area contributed by atoms with Crippen LogP contribution < -0.4 is 22.1 Å². The summed E-state index contributed by atoms with van der Waals surface area (Å²) in [5.74, 6) is -0.523. The Hall–Kier alpha value is -1.36. The van der Waals surface area contributed by atoms with Crippen LogP contribution in [0.2, 0.25) is 0 Å². The fourth-order valence-corrected chi connectivity index (χ4v) is 1.42. The van der Waals surface area contributed by atoms with Gasteiger partial charge in [0.1, 0.15) is 0 Å². The molecule has 0 heterocycles. The molecule has 0 saturated heterocycles. The zero-order valence-corrected chi connectivity index (χ0v) is 19.5. The van der Waals surface area contributed by atoms with Crippen LogP contribution in [0.25, 0.3) is 0 Å². The molecule has 0 aromatic carbocycles. The van der Waals surface area contributed by atoms with Gasteiger partial charge in [-0.1, -0.05) is 0 Å². The van der Waals surface area contributed by atoms with Crippen molar-refractivity contribution in [1.82, 2.24) is 10.6 Å². The topological polar surface area (TPSA) is 146 Å². The van der Waals surface area contributed by atoms with Crippen LogP contribution in [-0.2, 0) is 23.9 Å². The Kier molecular flexibility index (Phi) is 15.9. The Balaban J connectivity index is 0. The number of nitrogens with one attached hydrogen (secondary N) is 2. The molecule has 0 aliphatic heterocycles. The molecule has 0 bridgehead atoms. The third kappa shape index (κ3) is 19.7. The van der Waals surface area contributed by atoms with Gasteiger partial charge in [0.15, 0.2) is 0 Å². The van der Waals surface area contributed by atoms with Gasteiger partial charge in [-0.25, -0.2) is 0 Å². The van der Waals surface area contributed by atoms with Crippen molar-refractivity contribution in [3.63, 3.8) is 0 Å². The van der Waals surface area contributed by atoms with E-state index in [0.29, 0.717) is 6.41 Å². The second-order valence-corrected chi connectivity index (χ2v) is 9.22. The van der Waals surface area contributed by atoms with Crippen LogP contribution >= 0.6 is 12.6 Å². The van der Waals surface area contributed by atoms with Crippen LogP contribution in [0, 0.1) is 0 Å². The summed E-state index contributed by atoms with van der Waals surface area (Å²) in [5.41, 5.74) is 10.5. The number of nitrogens with two attached hydrogens (primary N) is 2. The van der Waals surface area contributed by atoms with E-state index < -0.39 is 5.91 Å². The number of carbonyl (C=O) groups excluding carboxylic acids is 3. The van der Waals surface area contributed by atoms with Gasteiger partial charge in [-0.2, -0.15) is 12.6 Å². The number of ether oxygens (including phenoxy) is 2. The molecule has 172 valence electrons. The van der Waals surface area contributed by atoms with E-state index in [1.165, 1.54) is 0 Å². The molecule has 3 amide bonds. The van der Waals surface area contributed by atoms with Crippen molar-refractivity contribution in [2.24, 2.45) is 11.5 Å². The lowest BCUT2D eigenvalue weighted by atomic mass is 9.91. The normalized spacial score (nSPS) is 12.6. The fraction of sp³-hybridized carbons (Fsp3) is 0.842. The highest BCUT2D eigenvalue weighted by Gasteiger charge is 2.28. The van der Waals surface area contributed by atoms with Crippen molar-refractivity contribution in [2.45, 2.75) is 76.8 Å². The smallest absolute Gasteiger partial charge is 0.222 e. The van der Waals surface area contributed by atoms with Crippen molar-refractivity contribution in [1.29, 1.82) is 0 Å². The SMILES string of the molecule is CC(C)(N)C(C)(C)S.CC(C)NC(=O)CCOCC(COCCC(N)=O)NC=O. The molecule has 0 saturated carbocycles. The predicted octanol–water partition coefficient (Wildman–Crippen LogP) is 0.356. The number of hydrogen-bond acceptors (Lipinski definition) is 7. The van der Waals surface area contributed by atoms with E-state index in [2.05, 4.69) is 23.3 Å². The van der Waals surface area contributed by atoms with E-state index in [4.69, 9.17) is 20.9 Å². The lowest BCUT2D eigenvalue weighted by molar-refractivity contribution is -0.123. The lowest BCUT2D eigenvalue weighted by Crippen LogP contribution is -2.48. The maximum atomic E-state index is 11.4. The number of hydrogen-bond donors (Lipinski definition) is 5. The van der Waals surface area contributed by atoms with E-state index in [9.17, 15) is 14.4 Å². The summed E-state index contributed by atoms with van der Waals surface area (Å²) in [7, 11) is 0. The van der Waals surface area contributed by atoms with Gasteiger partial charge in [0.25, 0.3) is 0 Å². The number of rotatable bonds is 14.